The lowest BCUT2D eigenvalue weighted by molar-refractivity contribution is -0.116. The lowest BCUT2D eigenvalue weighted by Gasteiger charge is -2.16. The van der Waals surface area contributed by atoms with Crippen molar-refractivity contribution in [2.45, 2.75) is 33.7 Å². The molecule has 2 rings (SSSR count). The van der Waals surface area contributed by atoms with Gasteiger partial charge in [0.05, 0.1) is 0 Å². The van der Waals surface area contributed by atoms with Gasteiger partial charge in [-0.3, -0.25) is 4.79 Å². The number of hydrogen-bond acceptors (Lipinski definition) is 2. The van der Waals surface area contributed by atoms with Gasteiger partial charge in [-0.15, -0.1) is 0 Å². The Morgan fingerprint density at radius 1 is 0.905 bits per heavy atom. The van der Waals surface area contributed by atoms with E-state index in [1.165, 1.54) is 16.7 Å². The van der Waals surface area contributed by atoms with Gasteiger partial charge in [0.2, 0.25) is 5.91 Å². The van der Waals surface area contributed by atoms with Crippen molar-refractivity contribution in [1.82, 2.24) is 0 Å². The van der Waals surface area contributed by atoms with Crippen LogP contribution in [0.1, 0.15) is 23.6 Å². The molecule has 0 bridgehead atoms. The fourth-order valence-electron chi connectivity index (χ4n) is 2.03. The van der Waals surface area contributed by atoms with Crippen LogP contribution in [0.4, 0.5) is 11.4 Å². The molecule has 3 nitrogen and oxygen atoms in total. The van der Waals surface area contributed by atoms with E-state index in [4.69, 9.17) is 0 Å². The standard InChI is InChI=1S/C18H22N2O/c1-12-5-8-16(9-6-12)20-18(21)15(4)19-17-10-7-13(2)14(3)11-17/h5-11,15,19H,1-4H3,(H,20,21). The van der Waals surface area contributed by atoms with Crippen LogP contribution in [0.15, 0.2) is 42.5 Å². The molecule has 2 aromatic carbocycles. The Balaban J connectivity index is 1.98. The largest absolute Gasteiger partial charge is 0.374 e. The first-order valence-electron chi connectivity index (χ1n) is 7.17. The van der Waals surface area contributed by atoms with Crippen molar-refractivity contribution >= 4 is 17.3 Å². The van der Waals surface area contributed by atoms with Crippen molar-refractivity contribution < 1.29 is 4.79 Å². The molecule has 0 saturated heterocycles. The molecule has 0 aliphatic carbocycles. The molecule has 0 radical (unpaired) electrons. The molecule has 0 saturated carbocycles. The smallest absolute Gasteiger partial charge is 0.246 e. The SMILES string of the molecule is Cc1ccc(NC(=O)C(C)Nc2ccc(C)c(C)c2)cc1. The summed E-state index contributed by atoms with van der Waals surface area (Å²) in [5.41, 5.74) is 5.42. The molecule has 3 heteroatoms. The van der Waals surface area contributed by atoms with Gasteiger partial charge in [-0.2, -0.15) is 0 Å². The summed E-state index contributed by atoms with van der Waals surface area (Å²) < 4.78 is 0. The number of rotatable bonds is 4. The minimum atomic E-state index is -0.298. The molecule has 0 aromatic heterocycles. The van der Waals surface area contributed by atoms with Gasteiger partial charge in [-0.1, -0.05) is 23.8 Å². The summed E-state index contributed by atoms with van der Waals surface area (Å²) in [6, 6.07) is 13.6. The Kier molecular flexibility index (Phi) is 4.63. The van der Waals surface area contributed by atoms with Crippen LogP contribution in [-0.4, -0.2) is 11.9 Å². The first-order chi connectivity index (χ1) is 9.95. The highest BCUT2D eigenvalue weighted by molar-refractivity contribution is 5.96. The van der Waals surface area contributed by atoms with E-state index >= 15 is 0 Å². The van der Waals surface area contributed by atoms with Crippen LogP contribution in [0.5, 0.6) is 0 Å². The molecule has 2 aromatic rings. The van der Waals surface area contributed by atoms with E-state index in [-0.39, 0.29) is 11.9 Å². The van der Waals surface area contributed by atoms with Crippen LogP contribution in [0.3, 0.4) is 0 Å². The summed E-state index contributed by atoms with van der Waals surface area (Å²) in [6.45, 7) is 8.03. The fourth-order valence-corrected chi connectivity index (χ4v) is 2.03. The molecule has 110 valence electrons. The lowest BCUT2D eigenvalue weighted by Crippen LogP contribution is -2.31. The van der Waals surface area contributed by atoms with E-state index in [1.54, 1.807) is 0 Å². The van der Waals surface area contributed by atoms with Gasteiger partial charge in [0, 0.05) is 11.4 Å². The van der Waals surface area contributed by atoms with E-state index < -0.39 is 0 Å². The lowest BCUT2D eigenvalue weighted by atomic mass is 10.1. The Labute approximate surface area is 126 Å². The maximum Gasteiger partial charge on any atom is 0.246 e. The predicted octanol–water partition coefficient (Wildman–Crippen LogP) is 4.05. The highest BCUT2D eigenvalue weighted by Gasteiger charge is 2.12. The number of nitrogens with one attached hydrogen (secondary N) is 2. The third kappa shape index (κ3) is 4.09. The van der Waals surface area contributed by atoms with E-state index in [2.05, 4.69) is 36.6 Å². The van der Waals surface area contributed by atoms with Crippen molar-refractivity contribution in [3.8, 4) is 0 Å². The van der Waals surface area contributed by atoms with Gasteiger partial charge in [-0.25, -0.2) is 0 Å². The minimum absolute atomic E-state index is 0.0444. The first kappa shape index (κ1) is 15.1. The Bertz CT molecular complexity index is 632. The number of hydrogen-bond donors (Lipinski definition) is 2. The molecular weight excluding hydrogens is 260 g/mol. The Morgan fingerprint density at radius 2 is 1.52 bits per heavy atom. The van der Waals surface area contributed by atoms with Crippen molar-refractivity contribution in [3.05, 3.63) is 59.2 Å². The van der Waals surface area contributed by atoms with Crippen molar-refractivity contribution in [3.63, 3.8) is 0 Å². The second-order valence-electron chi connectivity index (χ2n) is 5.52. The van der Waals surface area contributed by atoms with Gasteiger partial charge >= 0.3 is 0 Å². The van der Waals surface area contributed by atoms with Crippen LogP contribution in [0.25, 0.3) is 0 Å². The molecule has 1 amide bonds. The molecule has 0 spiro atoms. The molecule has 0 aliphatic heterocycles. The average Bonchev–Trinajstić information content (AvgIpc) is 2.45. The fraction of sp³-hybridized carbons (Fsp3) is 0.278. The highest BCUT2D eigenvalue weighted by atomic mass is 16.2. The van der Waals surface area contributed by atoms with E-state index in [0.29, 0.717) is 0 Å². The van der Waals surface area contributed by atoms with Crippen molar-refractivity contribution in [2.75, 3.05) is 10.6 Å². The second kappa shape index (κ2) is 6.44. The van der Waals surface area contributed by atoms with Crippen LogP contribution < -0.4 is 10.6 Å². The maximum absolute atomic E-state index is 12.2. The topological polar surface area (TPSA) is 41.1 Å². The predicted molar refractivity (Wildman–Crippen MR) is 88.8 cm³/mol. The third-order valence-corrected chi connectivity index (χ3v) is 3.60. The summed E-state index contributed by atoms with van der Waals surface area (Å²) in [7, 11) is 0. The van der Waals surface area contributed by atoms with Crippen LogP contribution in [0, 0.1) is 20.8 Å². The molecule has 1 unspecified atom stereocenters. The van der Waals surface area contributed by atoms with Gasteiger partial charge in [0.15, 0.2) is 0 Å². The molecule has 1 atom stereocenters. The number of amides is 1. The summed E-state index contributed by atoms with van der Waals surface area (Å²) in [5, 5.41) is 6.14. The number of benzene rings is 2. The van der Waals surface area contributed by atoms with Crippen LogP contribution in [0.2, 0.25) is 0 Å². The van der Waals surface area contributed by atoms with Gasteiger partial charge < -0.3 is 10.6 Å². The Hall–Kier alpha value is -2.29. The van der Waals surface area contributed by atoms with E-state index in [1.807, 2.05) is 44.2 Å². The summed E-state index contributed by atoms with van der Waals surface area (Å²) in [4.78, 5) is 12.2. The van der Waals surface area contributed by atoms with Crippen LogP contribution >= 0.6 is 0 Å². The minimum Gasteiger partial charge on any atom is -0.374 e. The quantitative estimate of drug-likeness (QED) is 0.888. The first-order valence-corrected chi connectivity index (χ1v) is 7.17. The number of carbonyl (C=O) groups excluding carboxylic acids is 1. The molecule has 0 aliphatic rings. The normalized spacial score (nSPS) is 11.8. The van der Waals surface area contributed by atoms with Crippen molar-refractivity contribution in [1.29, 1.82) is 0 Å². The molecule has 21 heavy (non-hydrogen) atoms. The molecule has 0 fully saturated rings. The van der Waals surface area contributed by atoms with Crippen LogP contribution in [-0.2, 0) is 4.79 Å². The van der Waals surface area contributed by atoms with Gasteiger partial charge in [-0.05, 0) is 63.1 Å². The zero-order valence-corrected chi connectivity index (χ0v) is 13.0. The van der Waals surface area contributed by atoms with Gasteiger partial charge in [0.1, 0.15) is 6.04 Å². The monoisotopic (exact) mass is 282 g/mol. The molecular formula is C18H22N2O. The zero-order chi connectivity index (χ0) is 15.4. The molecule has 2 N–H and O–H groups in total. The van der Waals surface area contributed by atoms with E-state index in [9.17, 15) is 4.79 Å². The Morgan fingerprint density at radius 3 is 2.14 bits per heavy atom. The zero-order valence-electron chi connectivity index (χ0n) is 13.0. The van der Waals surface area contributed by atoms with Gasteiger partial charge in [0.25, 0.3) is 0 Å². The van der Waals surface area contributed by atoms with E-state index in [0.717, 1.165) is 11.4 Å². The summed E-state index contributed by atoms with van der Waals surface area (Å²) >= 11 is 0. The van der Waals surface area contributed by atoms with Crippen molar-refractivity contribution in [2.24, 2.45) is 0 Å². The third-order valence-electron chi connectivity index (χ3n) is 3.60. The highest BCUT2D eigenvalue weighted by Crippen LogP contribution is 2.16. The average molecular weight is 282 g/mol. The summed E-state index contributed by atoms with van der Waals surface area (Å²) in [6.07, 6.45) is 0. The number of anilines is 2. The maximum atomic E-state index is 12.2. The number of carbonyl (C=O) groups is 1. The number of aryl methyl sites for hydroxylation is 3. The second-order valence-corrected chi connectivity index (χ2v) is 5.52. The molecule has 0 heterocycles. The summed E-state index contributed by atoms with van der Waals surface area (Å²) in [5.74, 6) is -0.0444.